The molecule has 3 saturated carbocycles. The van der Waals surface area contributed by atoms with Crippen LogP contribution in [-0.4, -0.2) is 175 Å². The van der Waals surface area contributed by atoms with Crippen molar-refractivity contribution in [3.63, 3.8) is 0 Å². The zero-order valence-corrected chi connectivity index (χ0v) is 36.8. The van der Waals surface area contributed by atoms with Crippen molar-refractivity contribution in [2.24, 2.45) is 40.4 Å². The van der Waals surface area contributed by atoms with E-state index >= 15 is 0 Å². The topological polar surface area (TPSA) is 256 Å². The van der Waals surface area contributed by atoms with Gasteiger partial charge in [0.15, 0.2) is 24.7 Å². The lowest BCUT2D eigenvalue weighted by Crippen LogP contribution is -2.66. The van der Waals surface area contributed by atoms with Crippen LogP contribution in [-0.2, 0) is 37.9 Å². The van der Waals surface area contributed by atoms with Crippen LogP contribution < -0.4 is 0 Å². The Hall–Kier alpha value is -0.940. The second-order valence-electron chi connectivity index (χ2n) is 21.2. The molecule has 9 rings (SSSR count). The summed E-state index contributed by atoms with van der Waals surface area (Å²) < 4.78 is 49.8. The highest BCUT2D eigenvalue weighted by Gasteiger charge is 2.76. The third kappa shape index (κ3) is 7.05. The van der Waals surface area contributed by atoms with Crippen LogP contribution in [0.15, 0.2) is 11.6 Å². The van der Waals surface area contributed by atoms with Crippen molar-refractivity contribution in [1.29, 1.82) is 0 Å². The molecule has 5 heterocycles. The fourth-order valence-corrected chi connectivity index (χ4v) is 13.9. The van der Waals surface area contributed by atoms with E-state index in [1.807, 2.05) is 0 Å². The van der Waals surface area contributed by atoms with Crippen LogP contribution in [0.25, 0.3) is 0 Å². The minimum Gasteiger partial charge on any atom is -0.394 e. The first kappa shape index (κ1) is 46.2. The molecule has 354 valence electrons. The standard InChI is InChI=1S/C45H72O17/c1-19-9-14-44(55-18-19)22(4)45(54)29(62-44)16-27-25-8-7-23-15-24(10-12-42(23,5)26(25)11-13-43(27,45)6)58-41-38(61-40-35(52)33(50)31(48)21(3)57-40)36(53)37(28(17-46)59-41)60-39-34(51)32(49)30(47)20(2)56-39/h7,19-22,24-41,46-54H,8-18H2,1-6H3/t19-,20+,21+,22-,24+,25-,26+,27+,28-,29+,30+,31+,32-,33-,34-,35-,36+,37-,38-,39+,40+,41-,42+,43+,44-,45-/m1/s1. The predicted octanol–water partition coefficient (Wildman–Crippen LogP) is 0.357. The average molecular weight is 885 g/mol. The van der Waals surface area contributed by atoms with Gasteiger partial charge in [-0.05, 0) is 94.3 Å². The Morgan fingerprint density at radius 3 is 1.95 bits per heavy atom. The molecule has 0 bridgehead atoms. The number of hydrogen-bond acceptors (Lipinski definition) is 17. The summed E-state index contributed by atoms with van der Waals surface area (Å²) in [5.74, 6) is 0.684. The molecule has 0 aromatic carbocycles. The van der Waals surface area contributed by atoms with Gasteiger partial charge in [0, 0.05) is 17.8 Å². The number of ether oxygens (including phenoxy) is 8. The smallest absolute Gasteiger partial charge is 0.187 e. The van der Waals surface area contributed by atoms with Gasteiger partial charge in [-0.2, -0.15) is 0 Å². The van der Waals surface area contributed by atoms with Crippen molar-refractivity contribution in [1.82, 2.24) is 0 Å². The highest BCUT2D eigenvalue weighted by Crippen LogP contribution is 2.72. The number of aliphatic hydroxyl groups is 9. The zero-order valence-electron chi connectivity index (χ0n) is 36.8. The van der Waals surface area contributed by atoms with Crippen LogP contribution in [0.5, 0.6) is 0 Å². The number of hydrogen-bond donors (Lipinski definition) is 9. The summed E-state index contributed by atoms with van der Waals surface area (Å²) in [6.45, 7) is 12.0. The molecule has 17 nitrogen and oxygen atoms in total. The molecule has 17 heteroatoms. The van der Waals surface area contributed by atoms with E-state index in [0.29, 0.717) is 43.1 Å². The summed E-state index contributed by atoms with van der Waals surface area (Å²) >= 11 is 0. The van der Waals surface area contributed by atoms with E-state index in [1.165, 1.54) is 19.4 Å². The highest BCUT2D eigenvalue weighted by molar-refractivity contribution is 5.29. The predicted molar refractivity (Wildman–Crippen MR) is 214 cm³/mol. The molecule has 0 amide bonds. The third-order valence-corrected chi connectivity index (χ3v) is 17.9. The van der Waals surface area contributed by atoms with Crippen molar-refractivity contribution >= 4 is 0 Å². The molecular formula is C45H72O17. The minimum absolute atomic E-state index is 0.112. The van der Waals surface area contributed by atoms with Gasteiger partial charge in [-0.25, -0.2) is 0 Å². The largest absolute Gasteiger partial charge is 0.394 e. The number of rotatable bonds is 7. The van der Waals surface area contributed by atoms with E-state index < -0.39 is 116 Å². The minimum atomic E-state index is -1.72. The third-order valence-electron chi connectivity index (χ3n) is 17.9. The Balaban J connectivity index is 0.924. The number of fused-ring (bicyclic) bond motifs is 7. The van der Waals surface area contributed by atoms with Crippen molar-refractivity contribution in [3.8, 4) is 0 Å². The van der Waals surface area contributed by atoms with Crippen LogP contribution in [0, 0.1) is 40.4 Å². The van der Waals surface area contributed by atoms with E-state index in [2.05, 4.69) is 33.8 Å². The normalized spacial score (nSPS) is 58.9. The molecule has 8 fully saturated rings. The second kappa shape index (κ2) is 16.7. The maximum atomic E-state index is 12.8. The van der Waals surface area contributed by atoms with E-state index in [-0.39, 0.29) is 22.9 Å². The first-order valence-electron chi connectivity index (χ1n) is 23.3. The van der Waals surface area contributed by atoms with E-state index in [1.54, 1.807) is 0 Å². The van der Waals surface area contributed by atoms with Crippen molar-refractivity contribution in [2.75, 3.05) is 13.2 Å². The monoisotopic (exact) mass is 884 g/mol. The Kier molecular flexibility index (Phi) is 12.4. The summed E-state index contributed by atoms with van der Waals surface area (Å²) in [6, 6.07) is 0. The molecule has 0 aromatic heterocycles. The quantitative estimate of drug-likeness (QED) is 0.157. The van der Waals surface area contributed by atoms with Gasteiger partial charge in [0.05, 0.1) is 37.6 Å². The molecule has 0 aromatic rings. The molecule has 1 spiro atoms. The van der Waals surface area contributed by atoms with Crippen LogP contribution in [0.3, 0.4) is 0 Å². The van der Waals surface area contributed by atoms with Gasteiger partial charge in [-0.1, -0.05) is 39.3 Å². The molecule has 0 radical (unpaired) electrons. The van der Waals surface area contributed by atoms with Crippen LogP contribution >= 0.6 is 0 Å². The highest BCUT2D eigenvalue weighted by atomic mass is 16.8. The molecular weight excluding hydrogens is 812 g/mol. The lowest BCUT2D eigenvalue weighted by atomic mass is 9.46. The molecule has 9 aliphatic rings. The second-order valence-corrected chi connectivity index (χ2v) is 21.2. The SMILES string of the molecule is C[C@@H]1CC[C@@]2(OC1)O[C@H]1C[C@H]3[C@@H]4CC=C5C[C@@H](O[C@@H]6O[C@H](CO)[C@@H](O[C@@H]7O[C@@H](C)[C@H](O)[C@@H](O)[C@H]7O)[C@H](O)[C@H]6O[C@@H]6O[C@@H](C)[C@H](O)[C@@H](O)[C@H]6O)CC[C@]5(C)[C@H]4CC[C@]3(C)[C@@]1(O)[C@@H]2C. The lowest BCUT2D eigenvalue weighted by molar-refractivity contribution is -0.388. The van der Waals surface area contributed by atoms with Gasteiger partial charge in [0.1, 0.15) is 66.6 Å². The molecule has 9 N–H and O–H groups in total. The summed E-state index contributed by atoms with van der Waals surface area (Å²) in [5, 5.41) is 98.7. The zero-order chi connectivity index (χ0) is 44.4. The van der Waals surface area contributed by atoms with Gasteiger partial charge in [-0.15, -0.1) is 0 Å². The summed E-state index contributed by atoms with van der Waals surface area (Å²) in [5.41, 5.74) is -0.108. The van der Waals surface area contributed by atoms with Gasteiger partial charge >= 0.3 is 0 Å². The van der Waals surface area contributed by atoms with Crippen molar-refractivity contribution < 1.29 is 83.9 Å². The number of allylic oxidation sites excluding steroid dienone is 1. The Morgan fingerprint density at radius 1 is 0.694 bits per heavy atom. The molecule has 4 aliphatic carbocycles. The summed E-state index contributed by atoms with van der Waals surface area (Å²) in [7, 11) is 0. The average Bonchev–Trinajstić information content (AvgIpc) is 3.60. The van der Waals surface area contributed by atoms with Crippen molar-refractivity contribution in [3.05, 3.63) is 11.6 Å². The lowest BCUT2D eigenvalue weighted by Gasteiger charge is -2.60. The molecule has 0 unspecified atom stereocenters. The molecule has 62 heavy (non-hydrogen) atoms. The van der Waals surface area contributed by atoms with E-state index in [9.17, 15) is 46.0 Å². The van der Waals surface area contributed by atoms with Crippen LogP contribution in [0.2, 0.25) is 0 Å². The van der Waals surface area contributed by atoms with Gasteiger partial charge in [0.25, 0.3) is 0 Å². The maximum Gasteiger partial charge on any atom is 0.187 e. The Morgan fingerprint density at radius 2 is 1.34 bits per heavy atom. The maximum absolute atomic E-state index is 12.8. The Bertz CT molecular complexity index is 1640. The van der Waals surface area contributed by atoms with Gasteiger partial charge in [-0.3, -0.25) is 0 Å². The summed E-state index contributed by atoms with van der Waals surface area (Å²) in [4.78, 5) is 0. The first-order chi connectivity index (χ1) is 29.3. The fourth-order valence-electron chi connectivity index (χ4n) is 13.9. The fraction of sp³-hybridized carbons (Fsp3) is 0.956. The molecule has 5 aliphatic heterocycles. The van der Waals surface area contributed by atoms with E-state index in [0.717, 1.165) is 44.9 Å². The molecule has 26 atom stereocenters. The summed E-state index contributed by atoms with van der Waals surface area (Å²) in [6.07, 6.45) is -12.6. The van der Waals surface area contributed by atoms with Crippen molar-refractivity contribution in [2.45, 2.75) is 215 Å². The number of aliphatic hydroxyl groups excluding tert-OH is 8. The molecule has 5 saturated heterocycles. The van der Waals surface area contributed by atoms with E-state index in [4.69, 9.17) is 37.9 Å². The van der Waals surface area contributed by atoms with Crippen LogP contribution in [0.4, 0.5) is 0 Å². The van der Waals surface area contributed by atoms with Crippen LogP contribution in [0.1, 0.15) is 99.3 Å². The van der Waals surface area contributed by atoms with Gasteiger partial charge < -0.3 is 83.9 Å². The first-order valence-corrected chi connectivity index (χ1v) is 23.3. The Labute approximate surface area is 363 Å². The van der Waals surface area contributed by atoms with Gasteiger partial charge in [0.2, 0.25) is 0 Å².